The number of carbonyl (C=O) groups excluding carboxylic acids is 1. The van der Waals surface area contributed by atoms with Gasteiger partial charge in [-0.25, -0.2) is 4.68 Å². The Morgan fingerprint density at radius 2 is 1.85 bits per heavy atom. The Hall–Kier alpha value is -2.92. The number of nitrogens with one attached hydrogen (secondary N) is 1. The molecule has 0 bridgehead atoms. The highest BCUT2D eigenvalue weighted by molar-refractivity contribution is 5.96. The second-order valence-corrected chi connectivity index (χ2v) is 6.87. The summed E-state index contributed by atoms with van der Waals surface area (Å²) in [5.41, 5.74) is 5.61. The third kappa shape index (κ3) is 4.63. The van der Waals surface area contributed by atoms with Crippen LogP contribution in [0, 0.1) is 13.8 Å². The molecule has 140 valence electrons. The molecule has 3 rings (SSSR count). The van der Waals surface area contributed by atoms with Crippen molar-refractivity contribution in [3.05, 3.63) is 71.5 Å². The van der Waals surface area contributed by atoms with Gasteiger partial charge in [-0.05, 0) is 56.2 Å². The number of amides is 1. The second-order valence-electron chi connectivity index (χ2n) is 6.87. The summed E-state index contributed by atoms with van der Waals surface area (Å²) >= 11 is 0. The highest BCUT2D eigenvalue weighted by Gasteiger charge is 2.14. The second kappa shape index (κ2) is 8.18. The number of carbonyl (C=O) groups is 1. The van der Waals surface area contributed by atoms with Crippen LogP contribution in [-0.2, 0) is 4.74 Å². The summed E-state index contributed by atoms with van der Waals surface area (Å²) in [6.07, 6.45) is 1.90. The summed E-state index contributed by atoms with van der Waals surface area (Å²) < 4.78 is 6.91. The quantitative estimate of drug-likeness (QED) is 0.722. The average Bonchev–Trinajstić information content (AvgIpc) is 3.08. The summed E-state index contributed by atoms with van der Waals surface area (Å²) in [7, 11) is 1.62. The molecule has 1 heterocycles. The fourth-order valence-corrected chi connectivity index (χ4v) is 2.94. The van der Waals surface area contributed by atoms with Crippen LogP contribution in [0.4, 0.5) is 0 Å². The predicted molar refractivity (Wildman–Crippen MR) is 107 cm³/mol. The number of benzene rings is 2. The van der Waals surface area contributed by atoms with Gasteiger partial charge in [-0.3, -0.25) is 4.79 Å². The Bertz CT molecular complexity index is 929. The molecule has 1 N–H and O–H groups in total. The van der Waals surface area contributed by atoms with E-state index in [1.54, 1.807) is 11.8 Å². The van der Waals surface area contributed by atoms with E-state index < -0.39 is 0 Å². The van der Waals surface area contributed by atoms with E-state index in [-0.39, 0.29) is 11.9 Å². The number of aromatic nitrogens is 2. The van der Waals surface area contributed by atoms with E-state index in [0.717, 1.165) is 22.5 Å². The average molecular weight is 363 g/mol. The van der Waals surface area contributed by atoms with Crippen LogP contribution in [0.1, 0.15) is 28.5 Å². The van der Waals surface area contributed by atoms with Gasteiger partial charge >= 0.3 is 0 Å². The number of hydrogen-bond acceptors (Lipinski definition) is 3. The molecule has 0 aliphatic carbocycles. The lowest BCUT2D eigenvalue weighted by Gasteiger charge is -2.15. The smallest absolute Gasteiger partial charge is 0.251 e. The van der Waals surface area contributed by atoms with Crippen molar-refractivity contribution >= 4 is 5.91 Å². The fraction of sp³-hybridized carbons (Fsp3) is 0.273. The van der Waals surface area contributed by atoms with Crippen LogP contribution in [-0.4, -0.2) is 35.4 Å². The number of rotatable bonds is 6. The topological polar surface area (TPSA) is 56.1 Å². The molecule has 27 heavy (non-hydrogen) atoms. The maximum absolute atomic E-state index is 12.8. The van der Waals surface area contributed by atoms with Gasteiger partial charge in [0.05, 0.1) is 18.0 Å². The lowest BCUT2D eigenvalue weighted by molar-refractivity contribution is 0.0905. The highest BCUT2D eigenvalue weighted by atomic mass is 16.5. The summed E-state index contributed by atoms with van der Waals surface area (Å²) in [5.74, 6) is -0.126. The molecule has 0 radical (unpaired) electrons. The van der Waals surface area contributed by atoms with Crippen LogP contribution in [0.2, 0.25) is 0 Å². The van der Waals surface area contributed by atoms with Gasteiger partial charge in [0.15, 0.2) is 0 Å². The first-order valence-corrected chi connectivity index (χ1v) is 9.01. The molecular formula is C22H25N3O2. The first-order valence-electron chi connectivity index (χ1n) is 9.01. The minimum Gasteiger partial charge on any atom is -0.383 e. The molecule has 5 heteroatoms. The van der Waals surface area contributed by atoms with Gasteiger partial charge in [-0.15, -0.1) is 0 Å². The van der Waals surface area contributed by atoms with Gasteiger partial charge in [0.25, 0.3) is 5.91 Å². The van der Waals surface area contributed by atoms with Gasteiger partial charge < -0.3 is 10.1 Å². The SMILES string of the molecule is COCC(C)NC(=O)c1cc(-c2ccc(C)cc2)cc(-n2ccc(C)n2)c1. The maximum Gasteiger partial charge on any atom is 0.251 e. The molecule has 3 aromatic rings. The predicted octanol–water partition coefficient (Wildman–Crippen LogP) is 3.92. The molecule has 5 nitrogen and oxygen atoms in total. The molecule has 0 spiro atoms. The zero-order valence-electron chi connectivity index (χ0n) is 16.2. The van der Waals surface area contributed by atoms with Crippen molar-refractivity contribution in [2.45, 2.75) is 26.8 Å². The summed E-state index contributed by atoms with van der Waals surface area (Å²) in [6, 6.07) is 16.0. The molecule has 0 saturated carbocycles. The number of methoxy groups -OCH3 is 1. The minimum absolute atomic E-state index is 0.0686. The first kappa shape index (κ1) is 18.9. The van der Waals surface area contributed by atoms with E-state index in [9.17, 15) is 4.79 Å². The van der Waals surface area contributed by atoms with E-state index in [0.29, 0.717) is 12.2 Å². The van der Waals surface area contributed by atoms with E-state index in [1.165, 1.54) is 5.56 Å². The Labute approximate surface area is 160 Å². The third-order valence-corrected chi connectivity index (χ3v) is 4.35. The molecule has 0 aliphatic rings. The molecule has 1 atom stereocenters. The Morgan fingerprint density at radius 1 is 1.11 bits per heavy atom. The standard InChI is InChI=1S/C22H25N3O2/c1-15-5-7-18(8-6-15)19-11-20(22(26)23-17(3)14-27-4)13-21(12-19)25-10-9-16(2)24-25/h5-13,17H,14H2,1-4H3,(H,23,26). The Morgan fingerprint density at radius 3 is 2.48 bits per heavy atom. The zero-order chi connectivity index (χ0) is 19.4. The van der Waals surface area contributed by atoms with E-state index in [1.807, 2.05) is 44.3 Å². The van der Waals surface area contributed by atoms with Crippen molar-refractivity contribution in [1.29, 1.82) is 0 Å². The van der Waals surface area contributed by atoms with Crippen molar-refractivity contribution in [2.75, 3.05) is 13.7 Å². The van der Waals surface area contributed by atoms with E-state index in [2.05, 4.69) is 41.6 Å². The largest absolute Gasteiger partial charge is 0.383 e. The molecular weight excluding hydrogens is 338 g/mol. The molecule has 2 aromatic carbocycles. The van der Waals surface area contributed by atoms with Crippen LogP contribution < -0.4 is 5.32 Å². The minimum atomic E-state index is -0.126. The third-order valence-electron chi connectivity index (χ3n) is 4.35. The number of ether oxygens (including phenoxy) is 1. The van der Waals surface area contributed by atoms with Gasteiger partial charge in [-0.1, -0.05) is 29.8 Å². The number of aryl methyl sites for hydroxylation is 2. The van der Waals surface area contributed by atoms with Crippen LogP contribution in [0.3, 0.4) is 0 Å². The maximum atomic E-state index is 12.8. The number of hydrogen-bond donors (Lipinski definition) is 1. The van der Waals surface area contributed by atoms with Crippen molar-refractivity contribution < 1.29 is 9.53 Å². The monoisotopic (exact) mass is 363 g/mol. The first-order chi connectivity index (χ1) is 13.0. The van der Waals surface area contributed by atoms with Crippen LogP contribution in [0.15, 0.2) is 54.7 Å². The highest BCUT2D eigenvalue weighted by Crippen LogP contribution is 2.25. The van der Waals surface area contributed by atoms with E-state index >= 15 is 0 Å². The zero-order valence-corrected chi connectivity index (χ0v) is 16.2. The molecule has 1 unspecified atom stereocenters. The van der Waals surface area contributed by atoms with Crippen LogP contribution in [0.25, 0.3) is 16.8 Å². The summed E-state index contributed by atoms with van der Waals surface area (Å²) in [6.45, 7) is 6.39. The fourth-order valence-electron chi connectivity index (χ4n) is 2.94. The summed E-state index contributed by atoms with van der Waals surface area (Å²) in [5, 5.41) is 7.46. The summed E-state index contributed by atoms with van der Waals surface area (Å²) in [4.78, 5) is 12.8. The van der Waals surface area contributed by atoms with Gasteiger partial charge in [0.1, 0.15) is 0 Å². The van der Waals surface area contributed by atoms with Crippen LogP contribution >= 0.6 is 0 Å². The number of nitrogens with zero attached hydrogens (tertiary/aromatic N) is 2. The van der Waals surface area contributed by atoms with Crippen molar-refractivity contribution in [2.24, 2.45) is 0 Å². The Kier molecular flexibility index (Phi) is 5.72. The van der Waals surface area contributed by atoms with Crippen molar-refractivity contribution in [1.82, 2.24) is 15.1 Å². The molecule has 1 aromatic heterocycles. The normalized spacial score (nSPS) is 12.0. The van der Waals surface area contributed by atoms with E-state index in [4.69, 9.17) is 4.74 Å². The van der Waals surface area contributed by atoms with Crippen LogP contribution in [0.5, 0.6) is 0 Å². The Balaban J connectivity index is 2.02. The molecule has 0 saturated heterocycles. The molecule has 0 fully saturated rings. The van der Waals surface area contributed by atoms with Crippen molar-refractivity contribution in [3.8, 4) is 16.8 Å². The molecule has 1 amide bonds. The van der Waals surface area contributed by atoms with Gasteiger partial charge in [0, 0.05) is 24.9 Å². The lowest BCUT2D eigenvalue weighted by atomic mass is 10.0. The van der Waals surface area contributed by atoms with Crippen molar-refractivity contribution in [3.63, 3.8) is 0 Å². The lowest BCUT2D eigenvalue weighted by Crippen LogP contribution is -2.35. The van der Waals surface area contributed by atoms with Gasteiger partial charge in [0.2, 0.25) is 0 Å². The van der Waals surface area contributed by atoms with Gasteiger partial charge in [-0.2, -0.15) is 5.10 Å². The molecule has 0 aliphatic heterocycles.